The second-order valence-corrected chi connectivity index (χ2v) is 5.60. The van der Waals surface area contributed by atoms with Crippen LogP contribution < -0.4 is 10.6 Å². The van der Waals surface area contributed by atoms with Crippen LogP contribution in [0.5, 0.6) is 0 Å². The Morgan fingerprint density at radius 3 is 2.00 bits per heavy atom. The van der Waals surface area contributed by atoms with E-state index in [-0.39, 0.29) is 5.91 Å². The van der Waals surface area contributed by atoms with Crippen LogP contribution in [0.3, 0.4) is 0 Å². The first-order valence-electron chi connectivity index (χ1n) is 6.86. The van der Waals surface area contributed by atoms with E-state index in [4.69, 9.17) is 0 Å². The molecule has 18 heavy (non-hydrogen) atoms. The maximum atomic E-state index is 10.9. The average Bonchev–Trinajstić information content (AvgIpc) is 3.20. The summed E-state index contributed by atoms with van der Waals surface area (Å²) in [5.74, 6) is 1.77. The number of hydrogen-bond acceptors (Lipinski definition) is 2. The normalized spacial score (nSPS) is 18.8. The average molecular weight is 244 g/mol. The lowest BCUT2D eigenvalue weighted by atomic mass is 10.1. The third-order valence-corrected chi connectivity index (χ3v) is 3.80. The highest BCUT2D eigenvalue weighted by Gasteiger charge is 2.41. The standard InChI is InChI=1S/C15H20N2O/c1-10(18)16-13-6-8-14(9-7-13)17-15(11-2-3-11)12-4-5-12/h6-9,11-12,15,17H,2-5H2,1H3,(H,16,18). The molecular formula is C15H20N2O. The topological polar surface area (TPSA) is 41.1 Å². The summed E-state index contributed by atoms with van der Waals surface area (Å²) in [5, 5.41) is 6.46. The summed E-state index contributed by atoms with van der Waals surface area (Å²) in [5.41, 5.74) is 2.04. The number of anilines is 2. The zero-order valence-corrected chi connectivity index (χ0v) is 10.8. The van der Waals surface area contributed by atoms with Crippen molar-refractivity contribution in [3.8, 4) is 0 Å². The molecule has 0 saturated heterocycles. The minimum absolute atomic E-state index is 0.0236. The Morgan fingerprint density at radius 1 is 1.06 bits per heavy atom. The van der Waals surface area contributed by atoms with Crippen molar-refractivity contribution in [1.29, 1.82) is 0 Å². The maximum absolute atomic E-state index is 10.9. The van der Waals surface area contributed by atoms with Crippen LogP contribution in [0.4, 0.5) is 11.4 Å². The Bertz CT molecular complexity index is 420. The molecule has 2 saturated carbocycles. The fraction of sp³-hybridized carbons (Fsp3) is 0.533. The quantitative estimate of drug-likeness (QED) is 0.834. The van der Waals surface area contributed by atoms with Gasteiger partial charge in [0, 0.05) is 24.3 Å². The summed E-state index contributed by atoms with van der Waals surface area (Å²) in [6.45, 7) is 1.53. The second-order valence-electron chi connectivity index (χ2n) is 5.60. The van der Waals surface area contributed by atoms with Crippen molar-refractivity contribution >= 4 is 17.3 Å². The van der Waals surface area contributed by atoms with Crippen LogP contribution in [0.25, 0.3) is 0 Å². The zero-order chi connectivity index (χ0) is 12.5. The third kappa shape index (κ3) is 2.84. The van der Waals surface area contributed by atoms with Gasteiger partial charge in [0.15, 0.2) is 0 Å². The highest BCUT2D eigenvalue weighted by Crippen LogP contribution is 2.45. The molecule has 0 atom stereocenters. The van der Waals surface area contributed by atoms with Gasteiger partial charge in [-0.2, -0.15) is 0 Å². The SMILES string of the molecule is CC(=O)Nc1ccc(NC(C2CC2)C2CC2)cc1. The largest absolute Gasteiger partial charge is 0.382 e. The van der Waals surface area contributed by atoms with Crippen LogP contribution in [-0.2, 0) is 4.79 Å². The first-order valence-corrected chi connectivity index (χ1v) is 6.86. The van der Waals surface area contributed by atoms with Crippen molar-refractivity contribution in [2.24, 2.45) is 11.8 Å². The van der Waals surface area contributed by atoms with Crippen molar-refractivity contribution in [2.45, 2.75) is 38.6 Å². The molecule has 2 aliphatic carbocycles. The number of amides is 1. The van der Waals surface area contributed by atoms with E-state index in [1.54, 1.807) is 0 Å². The molecule has 2 N–H and O–H groups in total. The van der Waals surface area contributed by atoms with Gasteiger partial charge in [0.05, 0.1) is 0 Å². The Labute approximate surface area is 108 Å². The molecule has 0 aromatic heterocycles. The number of benzene rings is 1. The first-order chi connectivity index (χ1) is 8.72. The van der Waals surface area contributed by atoms with Crippen LogP contribution in [0, 0.1) is 11.8 Å². The fourth-order valence-corrected chi connectivity index (χ4v) is 2.58. The predicted molar refractivity (Wildman–Crippen MR) is 73.6 cm³/mol. The molecule has 0 spiro atoms. The minimum Gasteiger partial charge on any atom is -0.382 e. The lowest BCUT2D eigenvalue weighted by molar-refractivity contribution is -0.114. The number of hydrogen-bond donors (Lipinski definition) is 2. The van der Waals surface area contributed by atoms with Crippen LogP contribution >= 0.6 is 0 Å². The Balaban J connectivity index is 1.63. The molecule has 1 aromatic rings. The summed E-state index contributed by atoms with van der Waals surface area (Å²) < 4.78 is 0. The van der Waals surface area contributed by atoms with Crippen LogP contribution in [0.15, 0.2) is 24.3 Å². The fourth-order valence-electron chi connectivity index (χ4n) is 2.58. The van der Waals surface area contributed by atoms with Gasteiger partial charge in [0.1, 0.15) is 0 Å². The highest BCUT2D eigenvalue weighted by molar-refractivity contribution is 5.88. The lowest BCUT2D eigenvalue weighted by Gasteiger charge is -2.19. The molecule has 0 radical (unpaired) electrons. The van der Waals surface area contributed by atoms with Gasteiger partial charge in [-0.3, -0.25) is 4.79 Å². The zero-order valence-electron chi connectivity index (χ0n) is 10.8. The summed E-state index contributed by atoms with van der Waals surface area (Å²) >= 11 is 0. The van der Waals surface area contributed by atoms with E-state index < -0.39 is 0 Å². The van der Waals surface area contributed by atoms with E-state index in [2.05, 4.69) is 22.8 Å². The highest BCUT2D eigenvalue weighted by atomic mass is 16.1. The smallest absolute Gasteiger partial charge is 0.221 e. The summed E-state index contributed by atoms with van der Waals surface area (Å²) in [4.78, 5) is 10.9. The molecular weight excluding hydrogens is 224 g/mol. The minimum atomic E-state index is -0.0236. The first kappa shape index (κ1) is 11.6. The van der Waals surface area contributed by atoms with E-state index in [1.165, 1.54) is 38.3 Å². The number of carbonyl (C=O) groups excluding carboxylic acids is 1. The predicted octanol–water partition coefficient (Wildman–Crippen LogP) is 3.25. The van der Waals surface area contributed by atoms with Crippen LogP contribution in [-0.4, -0.2) is 11.9 Å². The van der Waals surface area contributed by atoms with Gasteiger partial charge in [0.2, 0.25) is 5.91 Å². The molecule has 0 aliphatic heterocycles. The van der Waals surface area contributed by atoms with Gasteiger partial charge in [-0.1, -0.05) is 0 Å². The molecule has 96 valence electrons. The van der Waals surface area contributed by atoms with Gasteiger partial charge in [-0.05, 0) is 61.8 Å². The third-order valence-electron chi connectivity index (χ3n) is 3.80. The Kier molecular flexibility index (Phi) is 2.98. The molecule has 1 aromatic carbocycles. The Morgan fingerprint density at radius 2 is 1.56 bits per heavy atom. The van der Waals surface area contributed by atoms with Crippen molar-refractivity contribution in [2.75, 3.05) is 10.6 Å². The van der Waals surface area contributed by atoms with E-state index in [0.717, 1.165) is 17.5 Å². The molecule has 2 fully saturated rings. The maximum Gasteiger partial charge on any atom is 0.221 e. The lowest BCUT2D eigenvalue weighted by Crippen LogP contribution is -2.24. The van der Waals surface area contributed by atoms with Gasteiger partial charge >= 0.3 is 0 Å². The molecule has 3 rings (SSSR count). The second kappa shape index (κ2) is 4.63. The molecule has 1 amide bonds. The number of rotatable bonds is 5. The monoisotopic (exact) mass is 244 g/mol. The molecule has 0 bridgehead atoms. The molecule has 2 aliphatic rings. The number of nitrogens with one attached hydrogen (secondary N) is 2. The number of carbonyl (C=O) groups is 1. The van der Waals surface area contributed by atoms with Crippen molar-refractivity contribution in [3.05, 3.63) is 24.3 Å². The van der Waals surface area contributed by atoms with Gasteiger partial charge < -0.3 is 10.6 Å². The molecule has 3 nitrogen and oxygen atoms in total. The van der Waals surface area contributed by atoms with Crippen molar-refractivity contribution in [3.63, 3.8) is 0 Å². The summed E-state index contributed by atoms with van der Waals surface area (Å²) in [6.07, 6.45) is 5.55. The van der Waals surface area contributed by atoms with E-state index in [9.17, 15) is 4.79 Å². The van der Waals surface area contributed by atoms with Gasteiger partial charge in [-0.25, -0.2) is 0 Å². The summed E-state index contributed by atoms with van der Waals surface area (Å²) in [6, 6.07) is 8.71. The van der Waals surface area contributed by atoms with E-state index >= 15 is 0 Å². The van der Waals surface area contributed by atoms with Crippen molar-refractivity contribution < 1.29 is 4.79 Å². The van der Waals surface area contributed by atoms with Crippen molar-refractivity contribution in [1.82, 2.24) is 0 Å². The molecule has 0 heterocycles. The van der Waals surface area contributed by atoms with Gasteiger partial charge in [0.25, 0.3) is 0 Å². The molecule has 3 heteroatoms. The van der Waals surface area contributed by atoms with E-state index in [1.807, 2.05) is 12.1 Å². The summed E-state index contributed by atoms with van der Waals surface area (Å²) in [7, 11) is 0. The van der Waals surface area contributed by atoms with E-state index in [0.29, 0.717) is 6.04 Å². The Hall–Kier alpha value is -1.51. The van der Waals surface area contributed by atoms with Crippen LogP contribution in [0.1, 0.15) is 32.6 Å². The molecule has 0 unspecified atom stereocenters. The van der Waals surface area contributed by atoms with Crippen LogP contribution in [0.2, 0.25) is 0 Å². The van der Waals surface area contributed by atoms with Gasteiger partial charge in [-0.15, -0.1) is 0 Å².